The van der Waals surface area contributed by atoms with Gasteiger partial charge in [-0.25, -0.2) is 0 Å². The fourth-order valence-corrected chi connectivity index (χ4v) is 3.80. The largest absolute Gasteiger partial charge is 0.493 e. The normalized spacial score (nSPS) is 20.7. The maximum absolute atomic E-state index is 12.6. The highest BCUT2D eigenvalue weighted by Crippen LogP contribution is 2.41. The zero-order chi connectivity index (χ0) is 20.5. The lowest BCUT2D eigenvalue weighted by Gasteiger charge is -2.14. The fraction of sp³-hybridized carbons (Fsp3) is 0.400. The van der Waals surface area contributed by atoms with Crippen LogP contribution in [0.4, 0.5) is 0 Å². The fourth-order valence-electron chi connectivity index (χ4n) is 3.80. The van der Waals surface area contributed by atoms with Crippen LogP contribution in [0.1, 0.15) is 18.7 Å². The molecule has 29 heavy (non-hydrogen) atoms. The number of carbonyl (C=O) groups is 2. The van der Waals surface area contributed by atoms with Crippen LogP contribution in [0.25, 0.3) is 11.5 Å². The van der Waals surface area contributed by atoms with Crippen molar-refractivity contribution in [3.63, 3.8) is 0 Å². The summed E-state index contributed by atoms with van der Waals surface area (Å²) in [6.07, 6.45) is 5.08. The van der Waals surface area contributed by atoms with Crippen molar-refractivity contribution in [2.24, 2.45) is 11.8 Å². The first-order valence-electron chi connectivity index (χ1n) is 9.20. The third kappa shape index (κ3) is 3.22. The second-order valence-corrected chi connectivity index (χ2v) is 6.83. The average Bonchev–Trinajstić information content (AvgIpc) is 3.32. The summed E-state index contributed by atoms with van der Waals surface area (Å²) in [6.45, 7) is -0.0396. The van der Waals surface area contributed by atoms with E-state index in [1.165, 1.54) is 26.2 Å². The number of allylic oxidation sites excluding steroid dienone is 2. The van der Waals surface area contributed by atoms with Crippen molar-refractivity contribution < 1.29 is 28.2 Å². The van der Waals surface area contributed by atoms with Crippen LogP contribution < -0.4 is 14.2 Å². The standard InChI is InChI=1S/C20H21N3O6/c1-26-14-8-11(9-15(27-2)17(14)28-3)18-22-21-16(29-18)10-23-19(24)12-6-4-5-7-13(12)20(23)25/h4-5,8-9,12-13H,6-7,10H2,1-3H3. The molecule has 1 aromatic carbocycles. The van der Waals surface area contributed by atoms with E-state index in [4.69, 9.17) is 18.6 Å². The predicted octanol–water partition coefficient (Wildman–Crippen LogP) is 2.21. The molecule has 2 aromatic rings. The Hall–Kier alpha value is -3.36. The molecule has 2 amide bonds. The topological polar surface area (TPSA) is 104 Å². The molecule has 1 aromatic heterocycles. The number of nitrogens with zero attached hydrogens (tertiary/aromatic N) is 3. The number of fused-ring (bicyclic) bond motifs is 1. The number of aromatic nitrogens is 2. The minimum absolute atomic E-state index is 0.0396. The van der Waals surface area contributed by atoms with Crippen LogP contribution in [-0.4, -0.2) is 48.2 Å². The van der Waals surface area contributed by atoms with E-state index in [1.54, 1.807) is 12.1 Å². The Balaban J connectivity index is 1.58. The van der Waals surface area contributed by atoms with Gasteiger partial charge < -0.3 is 18.6 Å². The van der Waals surface area contributed by atoms with Gasteiger partial charge in [0.1, 0.15) is 6.54 Å². The van der Waals surface area contributed by atoms with E-state index in [0.717, 1.165) is 0 Å². The summed E-state index contributed by atoms with van der Waals surface area (Å²) in [6, 6.07) is 3.37. The van der Waals surface area contributed by atoms with E-state index in [0.29, 0.717) is 35.7 Å². The molecule has 0 spiro atoms. The zero-order valence-electron chi connectivity index (χ0n) is 16.4. The quantitative estimate of drug-likeness (QED) is 0.538. The van der Waals surface area contributed by atoms with Gasteiger partial charge in [-0.15, -0.1) is 10.2 Å². The van der Waals surface area contributed by atoms with Gasteiger partial charge in [0.2, 0.25) is 29.3 Å². The van der Waals surface area contributed by atoms with E-state index in [-0.39, 0.29) is 42.0 Å². The summed E-state index contributed by atoms with van der Waals surface area (Å²) in [5.74, 6) is 0.803. The van der Waals surface area contributed by atoms with Gasteiger partial charge >= 0.3 is 0 Å². The number of imide groups is 1. The number of likely N-dealkylation sites (tertiary alicyclic amines) is 1. The molecule has 0 N–H and O–H groups in total. The van der Waals surface area contributed by atoms with Crippen molar-refractivity contribution >= 4 is 11.8 Å². The van der Waals surface area contributed by atoms with Crippen LogP contribution in [0.2, 0.25) is 0 Å². The molecule has 2 atom stereocenters. The summed E-state index contributed by atoms with van der Waals surface area (Å²) in [7, 11) is 4.54. The molecular weight excluding hydrogens is 378 g/mol. The van der Waals surface area contributed by atoms with Crippen molar-refractivity contribution in [3.8, 4) is 28.7 Å². The monoisotopic (exact) mass is 399 g/mol. The summed E-state index contributed by atoms with van der Waals surface area (Å²) in [5, 5.41) is 8.05. The second kappa shape index (κ2) is 7.57. The Kier molecular flexibility index (Phi) is 4.96. The minimum atomic E-state index is -0.287. The van der Waals surface area contributed by atoms with Crippen molar-refractivity contribution in [1.29, 1.82) is 0 Å². The summed E-state index contributed by atoms with van der Waals surface area (Å²) in [4.78, 5) is 26.4. The molecule has 152 valence electrons. The van der Waals surface area contributed by atoms with Crippen molar-refractivity contribution in [3.05, 3.63) is 30.2 Å². The third-order valence-corrected chi connectivity index (χ3v) is 5.27. The van der Waals surface area contributed by atoms with Gasteiger partial charge in [-0.1, -0.05) is 12.2 Å². The molecule has 2 heterocycles. The molecule has 9 heteroatoms. The number of rotatable bonds is 6. The van der Waals surface area contributed by atoms with Gasteiger partial charge in [0.15, 0.2) is 11.5 Å². The third-order valence-electron chi connectivity index (χ3n) is 5.27. The molecule has 1 aliphatic heterocycles. The molecule has 0 bridgehead atoms. The first kappa shape index (κ1) is 19.0. The summed E-state index contributed by atoms with van der Waals surface area (Å²) in [5.41, 5.74) is 0.565. The van der Waals surface area contributed by atoms with Crippen molar-refractivity contribution in [2.45, 2.75) is 19.4 Å². The van der Waals surface area contributed by atoms with Gasteiger partial charge in [0, 0.05) is 5.56 Å². The number of ether oxygens (including phenoxy) is 3. The Morgan fingerprint density at radius 3 is 2.07 bits per heavy atom. The molecule has 2 aliphatic rings. The molecule has 1 fully saturated rings. The molecule has 1 saturated heterocycles. The predicted molar refractivity (Wildman–Crippen MR) is 100 cm³/mol. The van der Waals surface area contributed by atoms with Crippen LogP contribution in [0.3, 0.4) is 0 Å². The molecule has 0 saturated carbocycles. The van der Waals surface area contributed by atoms with E-state index in [1.807, 2.05) is 12.2 Å². The maximum atomic E-state index is 12.6. The van der Waals surface area contributed by atoms with E-state index in [2.05, 4.69) is 10.2 Å². The molecule has 0 radical (unpaired) electrons. The van der Waals surface area contributed by atoms with Gasteiger partial charge in [-0.2, -0.15) is 0 Å². The van der Waals surface area contributed by atoms with Crippen molar-refractivity contribution in [1.82, 2.24) is 15.1 Å². The molecule has 4 rings (SSSR count). The van der Waals surface area contributed by atoms with E-state index >= 15 is 0 Å². The first-order chi connectivity index (χ1) is 14.1. The Labute approximate surface area is 167 Å². The van der Waals surface area contributed by atoms with Crippen LogP contribution in [-0.2, 0) is 16.1 Å². The van der Waals surface area contributed by atoms with Crippen LogP contribution in [0.5, 0.6) is 17.2 Å². The van der Waals surface area contributed by atoms with Crippen molar-refractivity contribution in [2.75, 3.05) is 21.3 Å². The Morgan fingerprint density at radius 1 is 0.966 bits per heavy atom. The Morgan fingerprint density at radius 2 is 1.55 bits per heavy atom. The highest BCUT2D eigenvalue weighted by atomic mass is 16.5. The molecule has 9 nitrogen and oxygen atoms in total. The van der Waals surface area contributed by atoms with Gasteiger partial charge in [-0.05, 0) is 25.0 Å². The molecular formula is C20H21N3O6. The minimum Gasteiger partial charge on any atom is -0.493 e. The first-order valence-corrected chi connectivity index (χ1v) is 9.20. The van der Waals surface area contributed by atoms with Crippen LogP contribution in [0, 0.1) is 11.8 Å². The zero-order valence-corrected chi connectivity index (χ0v) is 16.4. The van der Waals surface area contributed by atoms with E-state index < -0.39 is 0 Å². The molecule has 1 aliphatic carbocycles. The lowest BCUT2D eigenvalue weighted by molar-refractivity contribution is -0.141. The maximum Gasteiger partial charge on any atom is 0.248 e. The Bertz CT molecular complexity index is 931. The lowest BCUT2D eigenvalue weighted by Crippen LogP contribution is -2.30. The number of benzene rings is 1. The SMILES string of the molecule is COc1cc(-c2nnc(CN3C(=O)C4CC=CCC4C3=O)o2)cc(OC)c1OC. The van der Waals surface area contributed by atoms with Gasteiger partial charge in [0.05, 0.1) is 33.2 Å². The average molecular weight is 399 g/mol. The smallest absolute Gasteiger partial charge is 0.248 e. The summed E-state index contributed by atoms with van der Waals surface area (Å²) < 4.78 is 21.7. The highest BCUT2D eigenvalue weighted by Gasteiger charge is 2.47. The lowest BCUT2D eigenvalue weighted by atomic mass is 9.85. The summed E-state index contributed by atoms with van der Waals surface area (Å²) >= 11 is 0. The van der Waals surface area contributed by atoms with Gasteiger partial charge in [0.25, 0.3) is 0 Å². The van der Waals surface area contributed by atoms with E-state index in [9.17, 15) is 9.59 Å². The highest BCUT2D eigenvalue weighted by molar-refractivity contribution is 6.05. The van der Waals surface area contributed by atoms with Gasteiger partial charge in [-0.3, -0.25) is 14.5 Å². The number of methoxy groups -OCH3 is 3. The number of carbonyl (C=O) groups excluding carboxylic acids is 2. The van der Waals surface area contributed by atoms with Crippen LogP contribution >= 0.6 is 0 Å². The number of amides is 2. The molecule has 2 unspecified atom stereocenters. The number of hydrogen-bond acceptors (Lipinski definition) is 8. The number of hydrogen-bond donors (Lipinski definition) is 0. The van der Waals surface area contributed by atoms with Crippen LogP contribution in [0.15, 0.2) is 28.7 Å². The second-order valence-electron chi connectivity index (χ2n) is 6.83.